The number of rotatable bonds is 6. The monoisotopic (exact) mass is 362 g/mol. The fourth-order valence-corrected chi connectivity index (χ4v) is 3.44. The smallest absolute Gasteiger partial charge is 0.255 e. The molecule has 6 nitrogen and oxygen atoms in total. The Morgan fingerprint density at radius 2 is 1.84 bits per heavy atom. The van der Waals surface area contributed by atoms with Crippen LogP contribution in [0.25, 0.3) is 0 Å². The highest BCUT2D eigenvalue weighted by Gasteiger charge is 2.24. The van der Waals surface area contributed by atoms with Gasteiger partial charge < -0.3 is 10.1 Å². The quantitative estimate of drug-likeness (QED) is 0.857. The van der Waals surface area contributed by atoms with Gasteiger partial charge in [-0.2, -0.15) is 0 Å². The van der Waals surface area contributed by atoms with E-state index < -0.39 is 10.0 Å². The molecule has 2 aromatic rings. The van der Waals surface area contributed by atoms with Crippen LogP contribution in [-0.4, -0.2) is 39.8 Å². The second-order valence-electron chi connectivity index (χ2n) is 5.62. The second-order valence-corrected chi connectivity index (χ2v) is 7.74. The van der Waals surface area contributed by atoms with Gasteiger partial charge >= 0.3 is 0 Å². The number of para-hydroxylation sites is 1. The number of amides is 1. The molecule has 7 heteroatoms. The number of hydrogen-bond donors (Lipinski definition) is 1. The van der Waals surface area contributed by atoms with E-state index in [0.29, 0.717) is 5.69 Å². The summed E-state index contributed by atoms with van der Waals surface area (Å²) in [7, 11) is 0.516. The number of nitrogens with one attached hydrogen (secondary N) is 1. The van der Waals surface area contributed by atoms with Crippen molar-refractivity contribution in [3.05, 3.63) is 53.6 Å². The molecule has 0 aliphatic carbocycles. The molecule has 0 bridgehead atoms. The van der Waals surface area contributed by atoms with E-state index in [1.165, 1.54) is 39.4 Å². The van der Waals surface area contributed by atoms with Crippen molar-refractivity contribution in [2.24, 2.45) is 0 Å². The first-order valence-electron chi connectivity index (χ1n) is 7.81. The van der Waals surface area contributed by atoms with Crippen molar-refractivity contribution in [3.63, 3.8) is 0 Å². The number of nitrogens with zero attached hydrogens (tertiary/aromatic N) is 1. The Kier molecular flexibility index (Phi) is 5.81. The molecule has 0 fully saturated rings. The number of ether oxygens (including phenoxy) is 1. The topological polar surface area (TPSA) is 75.7 Å². The average molecular weight is 362 g/mol. The first kappa shape index (κ1) is 19.0. The van der Waals surface area contributed by atoms with E-state index in [-0.39, 0.29) is 22.1 Å². The Morgan fingerprint density at radius 1 is 1.16 bits per heavy atom. The maximum Gasteiger partial charge on any atom is 0.255 e. The molecule has 1 N–H and O–H groups in total. The number of aryl methyl sites for hydroxylation is 1. The standard InChI is InChI=1S/C18H22N2O4S/c1-5-13-8-6-7-9-15(13)19-18(21)14-10-11-16(24-4)17(12-14)25(22,23)20(2)3/h6-12H,5H2,1-4H3,(H,19,21). The maximum atomic E-state index is 12.6. The van der Waals surface area contributed by atoms with Crippen molar-refractivity contribution in [3.8, 4) is 5.75 Å². The molecule has 1 amide bonds. The summed E-state index contributed by atoms with van der Waals surface area (Å²) < 4.78 is 31.1. The fraction of sp³-hybridized carbons (Fsp3) is 0.278. The van der Waals surface area contributed by atoms with Gasteiger partial charge in [0.05, 0.1) is 7.11 Å². The number of benzene rings is 2. The molecule has 0 spiro atoms. The van der Waals surface area contributed by atoms with Crippen LogP contribution in [0.1, 0.15) is 22.8 Å². The van der Waals surface area contributed by atoms with Gasteiger partial charge in [-0.15, -0.1) is 0 Å². The molecule has 0 aliphatic rings. The Balaban J connectivity index is 2.41. The summed E-state index contributed by atoms with van der Waals surface area (Å²) >= 11 is 0. The number of sulfonamides is 1. The van der Waals surface area contributed by atoms with Crippen LogP contribution in [0.15, 0.2) is 47.4 Å². The predicted molar refractivity (Wildman–Crippen MR) is 97.6 cm³/mol. The third kappa shape index (κ3) is 4.00. The molecule has 134 valence electrons. The van der Waals surface area contributed by atoms with Crippen molar-refractivity contribution in [2.75, 3.05) is 26.5 Å². The molecule has 0 saturated carbocycles. The zero-order chi connectivity index (χ0) is 18.6. The molecular formula is C18H22N2O4S. The fourth-order valence-electron chi connectivity index (χ4n) is 2.36. The van der Waals surface area contributed by atoms with Crippen molar-refractivity contribution in [1.82, 2.24) is 4.31 Å². The van der Waals surface area contributed by atoms with Crippen LogP contribution in [0.3, 0.4) is 0 Å². The molecule has 0 aliphatic heterocycles. The van der Waals surface area contributed by atoms with Crippen LogP contribution < -0.4 is 10.1 Å². The lowest BCUT2D eigenvalue weighted by Crippen LogP contribution is -2.23. The molecule has 0 aromatic heterocycles. The van der Waals surface area contributed by atoms with E-state index in [1.54, 1.807) is 0 Å². The molecular weight excluding hydrogens is 340 g/mol. The van der Waals surface area contributed by atoms with Crippen LogP contribution >= 0.6 is 0 Å². The minimum atomic E-state index is -3.73. The van der Waals surface area contributed by atoms with Gasteiger partial charge in [0.25, 0.3) is 5.91 Å². The van der Waals surface area contributed by atoms with E-state index in [1.807, 2.05) is 31.2 Å². The molecule has 0 unspecified atom stereocenters. The number of anilines is 1. The summed E-state index contributed by atoms with van der Waals surface area (Å²) in [5.74, 6) is -0.182. The molecule has 0 saturated heterocycles. The van der Waals surface area contributed by atoms with Crippen LogP contribution in [0.2, 0.25) is 0 Å². The minimum absolute atomic E-state index is 0.0450. The molecule has 0 heterocycles. The summed E-state index contributed by atoms with van der Waals surface area (Å²) in [4.78, 5) is 12.5. The largest absolute Gasteiger partial charge is 0.495 e. The third-order valence-corrected chi connectivity index (χ3v) is 5.67. The van der Waals surface area contributed by atoms with Gasteiger partial charge in [0.1, 0.15) is 10.6 Å². The predicted octanol–water partition coefficient (Wildman–Crippen LogP) is 2.76. The van der Waals surface area contributed by atoms with Gasteiger partial charge in [0.15, 0.2) is 0 Å². The Bertz CT molecular complexity index is 876. The summed E-state index contributed by atoms with van der Waals surface area (Å²) in [6.07, 6.45) is 0.777. The SMILES string of the molecule is CCc1ccccc1NC(=O)c1ccc(OC)c(S(=O)(=O)N(C)C)c1. The first-order chi connectivity index (χ1) is 11.8. The normalized spacial score (nSPS) is 11.4. The highest BCUT2D eigenvalue weighted by molar-refractivity contribution is 7.89. The van der Waals surface area contributed by atoms with Crippen molar-refractivity contribution in [2.45, 2.75) is 18.2 Å². The van der Waals surface area contributed by atoms with E-state index in [0.717, 1.165) is 16.3 Å². The van der Waals surface area contributed by atoms with Gasteiger partial charge in [0, 0.05) is 25.3 Å². The number of carbonyl (C=O) groups is 1. The van der Waals surface area contributed by atoms with Crippen molar-refractivity contribution in [1.29, 1.82) is 0 Å². The summed E-state index contributed by atoms with van der Waals surface area (Å²) in [6.45, 7) is 2.00. The number of hydrogen-bond acceptors (Lipinski definition) is 4. The average Bonchev–Trinajstić information content (AvgIpc) is 2.61. The summed E-state index contributed by atoms with van der Waals surface area (Å²) in [5, 5.41) is 2.83. The van der Waals surface area contributed by atoms with Crippen LogP contribution in [0, 0.1) is 0 Å². The van der Waals surface area contributed by atoms with Crippen LogP contribution in [-0.2, 0) is 16.4 Å². The highest BCUT2D eigenvalue weighted by Crippen LogP contribution is 2.27. The lowest BCUT2D eigenvalue weighted by atomic mass is 10.1. The van der Waals surface area contributed by atoms with Gasteiger partial charge in [-0.1, -0.05) is 25.1 Å². The van der Waals surface area contributed by atoms with E-state index in [2.05, 4.69) is 5.32 Å². The van der Waals surface area contributed by atoms with Gasteiger partial charge in [-0.3, -0.25) is 4.79 Å². The maximum absolute atomic E-state index is 12.6. The van der Waals surface area contributed by atoms with Crippen molar-refractivity contribution < 1.29 is 17.9 Å². The van der Waals surface area contributed by atoms with Crippen molar-refractivity contribution >= 4 is 21.6 Å². The van der Waals surface area contributed by atoms with Crippen LogP contribution in [0.4, 0.5) is 5.69 Å². The Hall–Kier alpha value is -2.38. The molecule has 0 radical (unpaired) electrons. The van der Waals surface area contributed by atoms with E-state index >= 15 is 0 Å². The molecule has 0 atom stereocenters. The highest BCUT2D eigenvalue weighted by atomic mass is 32.2. The zero-order valence-corrected chi connectivity index (χ0v) is 15.6. The Morgan fingerprint density at radius 3 is 2.44 bits per heavy atom. The van der Waals surface area contributed by atoms with E-state index in [4.69, 9.17) is 4.74 Å². The number of methoxy groups -OCH3 is 1. The third-order valence-electron chi connectivity index (χ3n) is 3.83. The molecule has 2 aromatic carbocycles. The lowest BCUT2D eigenvalue weighted by Gasteiger charge is -2.16. The zero-order valence-electron chi connectivity index (χ0n) is 14.7. The lowest BCUT2D eigenvalue weighted by molar-refractivity contribution is 0.102. The minimum Gasteiger partial charge on any atom is -0.495 e. The summed E-state index contributed by atoms with van der Waals surface area (Å²) in [6, 6.07) is 11.9. The second kappa shape index (κ2) is 7.67. The molecule has 25 heavy (non-hydrogen) atoms. The number of carbonyl (C=O) groups excluding carboxylic acids is 1. The van der Waals surface area contributed by atoms with Gasteiger partial charge in [0.2, 0.25) is 10.0 Å². The Labute approximate surface area is 148 Å². The summed E-state index contributed by atoms with van der Waals surface area (Å²) in [5.41, 5.74) is 1.96. The van der Waals surface area contributed by atoms with E-state index in [9.17, 15) is 13.2 Å². The van der Waals surface area contributed by atoms with Gasteiger partial charge in [-0.25, -0.2) is 12.7 Å². The first-order valence-corrected chi connectivity index (χ1v) is 9.25. The van der Waals surface area contributed by atoms with Crippen LogP contribution in [0.5, 0.6) is 5.75 Å². The molecule has 2 rings (SSSR count). The van der Waals surface area contributed by atoms with Gasteiger partial charge in [-0.05, 0) is 36.2 Å².